The van der Waals surface area contributed by atoms with E-state index >= 15 is 0 Å². The van der Waals surface area contributed by atoms with Gasteiger partial charge in [-0.05, 0) is 27.2 Å². The molecule has 0 radical (unpaired) electrons. The van der Waals surface area contributed by atoms with Gasteiger partial charge in [-0.3, -0.25) is 0 Å². The van der Waals surface area contributed by atoms with Crippen LogP contribution in [0.4, 0.5) is 0 Å². The van der Waals surface area contributed by atoms with E-state index in [1.807, 2.05) is 6.92 Å². The number of hydrogen-bond donors (Lipinski definition) is 0. The fourth-order valence-electron chi connectivity index (χ4n) is 0.742. The molecule has 0 rings (SSSR count). The van der Waals surface area contributed by atoms with Gasteiger partial charge in [-0.1, -0.05) is 19.4 Å². The number of carbonyl (C=O) groups is 1. The lowest BCUT2D eigenvalue weighted by Crippen LogP contribution is -2.29. The highest BCUT2D eigenvalue weighted by atomic mass is 16.6. The van der Waals surface area contributed by atoms with Gasteiger partial charge in [-0.2, -0.15) is 0 Å². The minimum atomic E-state index is -0.676. The molecule has 1 atom stereocenters. The van der Waals surface area contributed by atoms with Gasteiger partial charge in [-0.25, -0.2) is 4.79 Å². The van der Waals surface area contributed by atoms with Crippen molar-refractivity contribution in [3.05, 3.63) is 12.2 Å². The molecule has 0 amide bonds. The van der Waals surface area contributed by atoms with E-state index < -0.39 is 5.60 Å². The van der Waals surface area contributed by atoms with Crippen LogP contribution in [0, 0.1) is 11.8 Å². The first-order valence-electron chi connectivity index (χ1n) is 4.28. The first-order chi connectivity index (χ1) is 5.95. The van der Waals surface area contributed by atoms with E-state index in [9.17, 15) is 4.79 Å². The van der Waals surface area contributed by atoms with Gasteiger partial charge in [0.1, 0.15) is 0 Å². The molecule has 0 aliphatic carbocycles. The van der Waals surface area contributed by atoms with Crippen LogP contribution in [-0.4, -0.2) is 11.6 Å². The van der Waals surface area contributed by atoms with E-state index in [1.165, 1.54) is 0 Å². The highest BCUT2D eigenvalue weighted by molar-refractivity contribution is 5.87. The van der Waals surface area contributed by atoms with Crippen molar-refractivity contribution in [3.8, 4) is 11.8 Å². The van der Waals surface area contributed by atoms with Crippen molar-refractivity contribution in [2.75, 3.05) is 0 Å². The third-order valence-electron chi connectivity index (χ3n) is 1.73. The maximum absolute atomic E-state index is 11.2. The van der Waals surface area contributed by atoms with Gasteiger partial charge in [-0.15, -0.1) is 5.92 Å². The van der Waals surface area contributed by atoms with Crippen LogP contribution >= 0.6 is 0 Å². The van der Waals surface area contributed by atoms with Gasteiger partial charge in [0, 0.05) is 5.57 Å². The van der Waals surface area contributed by atoms with Gasteiger partial charge in [0.15, 0.2) is 5.60 Å². The Balaban J connectivity index is 4.51. The summed E-state index contributed by atoms with van der Waals surface area (Å²) in [4.78, 5) is 11.2. The first kappa shape index (κ1) is 11.8. The molecule has 0 saturated heterocycles. The van der Waals surface area contributed by atoms with Crippen molar-refractivity contribution in [3.63, 3.8) is 0 Å². The summed E-state index contributed by atoms with van der Waals surface area (Å²) in [5.74, 6) is 5.22. The molecule has 0 N–H and O–H groups in total. The molecule has 0 aliphatic heterocycles. The summed E-state index contributed by atoms with van der Waals surface area (Å²) in [5, 5.41) is 0. The van der Waals surface area contributed by atoms with Crippen molar-refractivity contribution in [2.45, 2.75) is 39.7 Å². The Morgan fingerprint density at radius 1 is 1.62 bits per heavy atom. The standard InChI is InChI=1S/C11H16O2/c1-6-8-11(5,7-2)13-10(12)9(3)4/h3,7H2,1-2,4-5H3. The second-order valence-corrected chi connectivity index (χ2v) is 3.13. The molecule has 0 fully saturated rings. The average molecular weight is 180 g/mol. The number of esters is 1. The minimum absolute atomic E-state index is 0.382. The summed E-state index contributed by atoms with van der Waals surface area (Å²) in [6.45, 7) is 10.6. The largest absolute Gasteiger partial charge is 0.443 e. The second kappa shape index (κ2) is 4.71. The van der Waals surface area contributed by atoms with Gasteiger partial charge in [0.25, 0.3) is 0 Å². The maximum atomic E-state index is 11.2. The summed E-state index contributed by atoms with van der Waals surface area (Å²) < 4.78 is 5.18. The highest BCUT2D eigenvalue weighted by Crippen LogP contribution is 2.15. The SMILES string of the molecule is C=C(C)C(=O)OC(C)(C#CC)CC. The third kappa shape index (κ3) is 3.80. The van der Waals surface area contributed by atoms with Crippen LogP contribution < -0.4 is 0 Å². The Morgan fingerprint density at radius 3 is 2.46 bits per heavy atom. The van der Waals surface area contributed by atoms with Gasteiger partial charge >= 0.3 is 5.97 Å². The van der Waals surface area contributed by atoms with Crippen LogP contribution in [0.5, 0.6) is 0 Å². The highest BCUT2D eigenvalue weighted by Gasteiger charge is 2.23. The number of hydrogen-bond acceptors (Lipinski definition) is 2. The normalized spacial score (nSPS) is 13.5. The van der Waals surface area contributed by atoms with E-state index in [-0.39, 0.29) is 5.97 Å². The molecule has 0 aliphatic rings. The van der Waals surface area contributed by atoms with Crippen molar-refractivity contribution < 1.29 is 9.53 Å². The molecular formula is C11H16O2. The molecule has 2 heteroatoms. The number of carbonyl (C=O) groups excluding carboxylic acids is 1. The molecule has 0 aromatic carbocycles. The van der Waals surface area contributed by atoms with Crippen LogP contribution in [-0.2, 0) is 9.53 Å². The number of ether oxygens (including phenoxy) is 1. The summed E-state index contributed by atoms with van der Waals surface area (Å²) in [6.07, 6.45) is 0.673. The van der Waals surface area contributed by atoms with Gasteiger partial charge < -0.3 is 4.74 Å². The fourth-order valence-corrected chi connectivity index (χ4v) is 0.742. The minimum Gasteiger partial charge on any atom is -0.443 e. The Labute approximate surface area is 80.0 Å². The zero-order valence-electron chi connectivity index (χ0n) is 8.73. The smallest absolute Gasteiger partial charge is 0.334 e. The Bertz CT molecular complexity index is 268. The molecule has 0 spiro atoms. The zero-order chi connectivity index (χ0) is 10.5. The summed E-state index contributed by atoms with van der Waals surface area (Å²) >= 11 is 0. The van der Waals surface area contributed by atoms with E-state index in [2.05, 4.69) is 18.4 Å². The fraction of sp³-hybridized carbons (Fsp3) is 0.545. The molecule has 0 saturated carbocycles. The Kier molecular flexibility index (Phi) is 4.27. The van der Waals surface area contributed by atoms with Crippen LogP contribution in [0.2, 0.25) is 0 Å². The molecule has 0 bridgehead atoms. The molecule has 0 heterocycles. The molecule has 72 valence electrons. The first-order valence-corrected chi connectivity index (χ1v) is 4.28. The predicted molar refractivity (Wildman–Crippen MR) is 53.1 cm³/mol. The zero-order valence-corrected chi connectivity index (χ0v) is 8.73. The van der Waals surface area contributed by atoms with Crippen LogP contribution in [0.15, 0.2) is 12.2 Å². The van der Waals surface area contributed by atoms with Gasteiger partial charge in [0.05, 0.1) is 0 Å². The third-order valence-corrected chi connectivity index (χ3v) is 1.73. The van der Waals surface area contributed by atoms with E-state index in [4.69, 9.17) is 4.74 Å². The van der Waals surface area contributed by atoms with Crippen LogP contribution in [0.25, 0.3) is 0 Å². The Morgan fingerprint density at radius 2 is 2.15 bits per heavy atom. The summed E-state index contributed by atoms with van der Waals surface area (Å²) in [7, 11) is 0. The van der Waals surface area contributed by atoms with Crippen molar-refractivity contribution in [1.29, 1.82) is 0 Å². The molecule has 1 unspecified atom stereocenters. The van der Waals surface area contributed by atoms with Crippen molar-refractivity contribution in [2.24, 2.45) is 0 Å². The monoisotopic (exact) mass is 180 g/mol. The summed E-state index contributed by atoms with van der Waals surface area (Å²) in [5.41, 5.74) is -0.275. The van der Waals surface area contributed by atoms with E-state index in [1.54, 1.807) is 20.8 Å². The quantitative estimate of drug-likeness (QED) is 0.378. The van der Waals surface area contributed by atoms with E-state index in [0.29, 0.717) is 12.0 Å². The Hall–Kier alpha value is -1.23. The number of rotatable bonds is 3. The molecule has 0 aromatic rings. The topological polar surface area (TPSA) is 26.3 Å². The van der Waals surface area contributed by atoms with E-state index in [0.717, 1.165) is 0 Å². The lowest BCUT2D eigenvalue weighted by molar-refractivity contribution is -0.148. The lowest BCUT2D eigenvalue weighted by Gasteiger charge is -2.22. The predicted octanol–water partition coefficient (Wildman–Crippen LogP) is 2.30. The van der Waals surface area contributed by atoms with Crippen molar-refractivity contribution in [1.82, 2.24) is 0 Å². The molecule has 0 aromatic heterocycles. The maximum Gasteiger partial charge on any atom is 0.334 e. The molecule has 2 nitrogen and oxygen atoms in total. The van der Waals surface area contributed by atoms with Crippen molar-refractivity contribution >= 4 is 5.97 Å². The summed E-state index contributed by atoms with van der Waals surface area (Å²) in [6, 6.07) is 0. The second-order valence-electron chi connectivity index (χ2n) is 3.13. The van der Waals surface area contributed by atoms with Crippen LogP contribution in [0.3, 0.4) is 0 Å². The van der Waals surface area contributed by atoms with Crippen LogP contribution in [0.1, 0.15) is 34.1 Å². The molecular weight excluding hydrogens is 164 g/mol. The average Bonchev–Trinajstić information content (AvgIpc) is 2.04. The molecule has 13 heavy (non-hydrogen) atoms. The lowest BCUT2D eigenvalue weighted by atomic mass is 10.0. The van der Waals surface area contributed by atoms with Gasteiger partial charge in [0.2, 0.25) is 0 Å².